The minimum atomic E-state index is 0.679. The number of pyridine rings is 1. The van der Waals surface area contributed by atoms with E-state index in [4.69, 9.17) is 27.9 Å². The minimum absolute atomic E-state index is 0.679. The quantitative estimate of drug-likeness (QED) is 0.747. The molecule has 0 atom stereocenters. The number of anilines is 2. The summed E-state index contributed by atoms with van der Waals surface area (Å²) in [6.07, 6.45) is 3.13. The highest BCUT2D eigenvalue weighted by atomic mass is 35.5. The number of aromatic nitrogens is 1. The van der Waals surface area contributed by atoms with Crippen molar-refractivity contribution in [1.82, 2.24) is 9.88 Å². The van der Waals surface area contributed by atoms with Crippen molar-refractivity contribution in [2.24, 2.45) is 0 Å². The fourth-order valence-electron chi connectivity index (χ4n) is 3.86. The number of ether oxygens (including phenoxy) is 1. The van der Waals surface area contributed by atoms with E-state index < -0.39 is 0 Å². The molecule has 0 aliphatic carbocycles. The van der Waals surface area contributed by atoms with E-state index in [-0.39, 0.29) is 0 Å². The second-order valence-electron chi connectivity index (χ2n) is 7.34. The summed E-state index contributed by atoms with van der Waals surface area (Å²) in [5, 5.41) is 1.40. The van der Waals surface area contributed by atoms with Gasteiger partial charge in [-0.15, -0.1) is 0 Å². The highest BCUT2D eigenvalue weighted by Crippen LogP contribution is 2.29. The van der Waals surface area contributed by atoms with Crippen LogP contribution in [-0.2, 0) is 11.3 Å². The molecule has 0 radical (unpaired) electrons. The average molecular weight is 421 g/mol. The fraction of sp³-hybridized carbons (Fsp3) is 0.476. The molecule has 2 aliphatic heterocycles. The molecule has 5 nitrogen and oxygen atoms in total. The maximum Gasteiger partial charge on any atom is 0.128 e. The molecule has 1 aromatic heterocycles. The molecule has 1 aromatic carbocycles. The first-order valence-electron chi connectivity index (χ1n) is 9.89. The van der Waals surface area contributed by atoms with E-state index in [1.165, 1.54) is 5.56 Å². The number of morpholine rings is 1. The van der Waals surface area contributed by atoms with E-state index >= 15 is 0 Å². The molecule has 28 heavy (non-hydrogen) atoms. The Morgan fingerprint density at radius 2 is 1.75 bits per heavy atom. The van der Waals surface area contributed by atoms with Crippen LogP contribution in [0.2, 0.25) is 10.0 Å². The lowest BCUT2D eigenvalue weighted by Crippen LogP contribution is -2.36. The topological polar surface area (TPSA) is 31.8 Å². The summed E-state index contributed by atoms with van der Waals surface area (Å²) in [6, 6.07) is 10.1. The molecule has 7 heteroatoms. The van der Waals surface area contributed by atoms with E-state index in [1.54, 1.807) is 0 Å². The zero-order chi connectivity index (χ0) is 19.3. The summed E-state index contributed by atoms with van der Waals surface area (Å²) >= 11 is 12.4. The largest absolute Gasteiger partial charge is 0.378 e. The van der Waals surface area contributed by atoms with Gasteiger partial charge in [-0.2, -0.15) is 0 Å². The molecule has 0 bridgehead atoms. The Morgan fingerprint density at radius 3 is 2.50 bits per heavy atom. The minimum Gasteiger partial charge on any atom is -0.378 e. The molecule has 2 fully saturated rings. The van der Waals surface area contributed by atoms with Gasteiger partial charge in [-0.05, 0) is 36.2 Å². The van der Waals surface area contributed by atoms with Crippen LogP contribution < -0.4 is 9.80 Å². The summed E-state index contributed by atoms with van der Waals surface area (Å²) in [7, 11) is 0. The Morgan fingerprint density at radius 1 is 0.893 bits per heavy atom. The molecular weight excluding hydrogens is 395 g/mol. The van der Waals surface area contributed by atoms with Crippen LogP contribution >= 0.6 is 23.2 Å². The number of hydrogen-bond donors (Lipinski definition) is 0. The van der Waals surface area contributed by atoms with Gasteiger partial charge in [0.2, 0.25) is 0 Å². The Hall–Kier alpha value is -1.53. The van der Waals surface area contributed by atoms with Gasteiger partial charge in [0.05, 0.1) is 23.9 Å². The Bertz CT molecular complexity index is 780. The third kappa shape index (κ3) is 4.90. The molecule has 0 unspecified atom stereocenters. The molecule has 4 rings (SSSR count). The van der Waals surface area contributed by atoms with Crippen molar-refractivity contribution in [3.63, 3.8) is 0 Å². The summed E-state index contributed by atoms with van der Waals surface area (Å²) in [5.41, 5.74) is 2.33. The smallest absolute Gasteiger partial charge is 0.128 e. The number of nitrogens with zero attached hydrogens (tertiary/aromatic N) is 4. The molecule has 150 valence electrons. The summed E-state index contributed by atoms with van der Waals surface area (Å²) in [5.74, 6) is 1.05. The molecule has 2 aromatic rings. The SMILES string of the molecule is Clc1ccc(N2CCCN(Cc3ccc(N4CCOCC4)nc3)CC2)c(Cl)c1. The summed E-state index contributed by atoms with van der Waals surface area (Å²) in [4.78, 5) is 11.8. The second kappa shape index (κ2) is 9.31. The van der Waals surface area contributed by atoms with Gasteiger partial charge in [-0.3, -0.25) is 4.90 Å². The van der Waals surface area contributed by atoms with Gasteiger partial charge < -0.3 is 14.5 Å². The predicted octanol–water partition coefficient (Wildman–Crippen LogP) is 3.94. The van der Waals surface area contributed by atoms with Crippen molar-refractivity contribution >= 4 is 34.7 Å². The van der Waals surface area contributed by atoms with Crippen molar-refractivity contribution in [3.05, 3.63) is 52.1 Å². The van der Waals surface area contributed by atoms with Gasteiger partial charge in [0.25, 0.3) is 0 Å². The van der Waals surface area contributed by atoms with Gasteiger partial charge in [-0.25, -0.2) is 4.98 Å². The van der Waals surface area contributed by atoms with Crippen molar-refractivity contribution in [3.8, 4) is 0 Å². The molecule has 0 spiro atoms. The van der Waals surface area contributed by atoms with E-state index in [1.807, 2.05) is 24.4 Å². The van der Waals surface area contributed by atoms with Gasteiger partial charge in [0.1, 0.15) is 5.82 Å². The standard InChI is InChI=1S/C21H26Cl2N4O/c22-18-3-4-20(19(23)14-18)26-7-1-6-25(8-9-26)16-17-2-5-21(24-15-17)27-10-12-28-13-11-27/h2-5,14-15H,1,6-13,16H2. The van der Waals surface area contributed by atoms with Gasteiger partial charge >= 0.3 is 0 Å². The first-order valence-corrected chi connectivity index (χ1v) is 10.6. The van der Waals surface area contributed by atoms with Crippen LogP contribution in [0, 0.1) is 0 Å². The first kappa shape index (κ1) is 19.8. The Labute approximate surface area is 176 Å². The zero-order valence-electron chi connectivity index (χ0n) is 16.0. The number of benzene rings is 1. The molecule has 2 saturated heterocycles. The Balaban J connectivity index is 1.34. The van der Waals surface area contributed by atoms with E-state index in [2.05, 4.69) is 31.8 Å². The van der Waals surface area contributed by atoms with Crippen LogP contribution in [0.3, 0.4) is 0 Å². The number of halogens is 2. The van der Waals surface area contributed by atoms with Crippen molar-refractivity contribution < 1.29 is 4.74 Å². The summed E-state index contributed by atoms with van der Waals surface area (Å²) in [6.45, 7) is 8.38. The normalized spacial score (nSPS) is 18.9. The molecule has 0 saturated carbocycles. The van der Waals surface area contributed by atoms with Gasteiger partial charge in [-0.1, -0.05) is 29.3 Å². The second-order valence-corrected chi connectivity index (χ2v) is 8.18. The zero-order valence-corrected chi connectivity index (χ0v) is 17.5. The number of hydrogen-bond acceptors (Lipinski definition) is 5. The highest BCUT2D eigenvalue weighted by Gasteiger charge is 2.18. The van der Waals surface area contributed by atoms with Crippen molar-refractivity contribution in [2.45, 2.75) is 13.0 Å². The third-order valence-corrected chi connectivity index (χ3v) is 5.93. The maximum absolute atomic E-state index is 6.40. The molecule has 0 N–H and O–H groups in total. The Kier molecular flexibility index (Phi) is 6.58. The van der Waals surface area contributed by atoms with Crippen LogP contribution in [-0.4, -0.2) is 62.4 Å². The molecular formula is C21H26Cl2N4O. The lowest BCUT2D eigenvalue weighted by Gasteiger charge is -2.28. The monoisotopic (exact) mass is 420 g/mol. The van der Waals surface area contributed by atoms with Crippen LogP contribution in [0.4, 0.5) is 11.5 Å². The van der Waals surface area contributed by atoms with E-state index in [9.17, 15) is 0 Å². The van der Waals surface area contributed by atoms with E-state index in [0.717, 1.165) is 82.0 Å². The number of rotatable bonds is 4. The van der Waals surface area contributed by atoms with Crippen molar-refractivity contribution in [2.75, 3.05) is 62.3 Å². The molecule has 2 aliphatic rings. The summed E-state index contributed by atoms with van der Waals surface area (Å²) < 4.78 is 5.42. The van der Waals surface area contributed by atoms with E-state index in [0.29, 0.717) is 5.02 Å². The predicted molar refractivity (Wildman–Crippen MR) is 116 cm³/mol. The fourth-order valence-corrected chi connectivity index (χ4v) is 4.38. The van der Waals surface area contributed by atoms with Crippen LogP contribution in [0.5, 0.6) is 0 Å². The molecule has 3 heterocycles. The lowest BCUT2D eigenvalue weighted by atomic mass is 10.2. The maximum atomic E-state index is 6.40. The van der Waals surface area contributed by atoms with Gasteiger partial charge in [0, 0.05) is 57.0 Å². The first-order chi connectivity index (χ1) is 13.7. The van der Waals surface area contributed by atoms with Crippen LogP contribution in [0.15, 0.2) is 36.5 Å². The third-order valence-electron chi connectivity index (χ3n) is 5.39. The van der Waals surface area contributed by atoms with Gasteiger partial charge in [0.15, 0.2) is 0 Å². The molecule has 0 amide bonds. The average Bonchev–Trinajstić information content (AvgIpc) is 2.95. The highest BCUT2D eigenvalue weighted by molar-refractivity contribution is 6.36. The van der Waals surface area contributed by atoms with Crippen LogP contribution in [0.1, 0.15) is 12.0 Å². The van der Waals surface area contributed by atoms with Crippen LogP contribution in [0.25, 0.3) is 0 Å². The van der Waals surface area contributed by atoms with Crippen molar-refractivity contribution in [1.29, 1.82) is 0 Å². The lowest BCUT2D eigenvalue weighted by molar-refractivity contribution is 0.122.